The van der Waals surface area contributed by atoms with E-state index < -0.39 is 10.9 Å². The zero-order valence-electron chi connectivity index (χ0n) is 11.6. The van der Waals surface area contributed by atoms with Crippen molar-refractivity contribution in [3.63, 3.8) is 0 Å². The van der Waals surface area contributed by atoms with Gasteiger partial charge < -0.3 is 10.0 Å². The molecule has 6 nitrogen and oxygen atoms in total. The molecule has 20 heavy (non-hydrogen) atoms. The number of hydrogen-bond donors (Lipinski definition) is 1. The highest BCUT2D eigenvalue weighted by Gasteiger charge is 2.31. The molecule has 0 saturated carbocycles. The van der Waals surface area contributed by atoms with Crippen LogP contribution < -0.4 is 4.90 Å². The Balaban J connectivity index is 2.53. The fourth-order valence-corrected chi connectivity index (χ4v) is 2.89. The summed E-state index contributed by atoms with van der Waals surface area (Å²) < 4.78 is 0. The molecule has 0 amide bonds. The second-order valence-corrected chi connectivity index (χ2v) is 5.41. The fourth-order valence-electron chi connectivity index (χ4n) is 2.89. The molecule has 6 heteroatoms. The van der Waals surface area contributed by atoms with Crippen molar-refractivity contribution >= 4 is 17.3 Å². The molecule has 2 atom stereocenters. The van der Waals surface area contributed by atoms with Crippen molar-refractivity contribution in [2.24, 2.45) is 5.92 Å². The molecule has 0 bridgehead atoms. The fraction of sp³-hybridized carbons (Fsp3) is 0.500. The van der Waals surface area contributed by atoms with Crippen LogP contribution in [0.15, 0.2) is 18.2 Å². The van der Waals surface area contributed by atoms with Crippen LogP contribution in [0.3, 0.4) is 0 Å². The molecule has 1 fully saturated rings. The largest absolute Gasteiger partial charge is 0.478 e. The number of benzene rings is 1. The number of anilines is 1. The number of rotatable bonds is 3. The van der Waals surface area contributed by atoms with E-state index in [-0.39, 0.29) is 23.0 Å². The molecule has 0 aromatic heterocycles. The number of nitro groups is 1. The summed E-state index contributed by atoms with van der Waals surface area (Å²) in [6, 6.07) is 4.31. The predicted molar refractivity (Wildman–Crippen MR) is 75.3 cm³/mol. The zero-order valence-corrected chi connectivity index (χ0v) is 11.6. The molecular formula is C14H18N2O4. The van der Waals surface area contributed by atoms with Crippen LogP contribution in [0.5, 0.6) is 0 Å². The van der Waals surface area contributed by atoms with Gasteiger partial charge in [0.05, 0.1) is 10.5 Å². The third-order valence-corrected chi connectivity index (χ3v) is 3.87. The molecule has 1 aromatic carbocycles. The van der Waals surface area contributed by atoms with E-state index >= 15 is 0 Å². The standard InChI is InChI=1S/C14H18N2O4/c1-9-6-7-15(10(2)8-9)13-11(14(17)18)4-3-5-12(13)16(19)20/h3-5,9-10H,6-8H2,1-2H3,(H,17,18). The Morgan fingerprint density at radius 1 is 1.45 bits per heavy atom. The van der Waals surface area contributed by atoms with Gasteiger partial charge in [-0.25, -0.2) is 4.79 Å². The number of nitrogens with zero attached hydrogens (tertiary/aromatic N) is 2. The highest BCUT2D eigenvalue weighted by Crippen LogP contribution is 2.37. The minimum atomic E-state index is -1.13. The van der Waals surface area contributed by atoms with Crippen molar-refractivity contribution in [1.29, 1.82) is 0 Å². The molecule has 1 N–H and O–H groups in total. The highest BCUT2D eigenvalue weighted by atomic mass is 16.6. The Morgan fingerprint density at radius 2 is 2.15 bits per heavy atom. The van der Waals surface area contributed by atoms with Gasteiger partial charge >= 0.3 is 5.97 Å². The lowest BCUT2D eigenvalue weighted by Gasteiger charge is -2.38. The van der Waals surface area contributed by atoms with E-state index in [1.807, 2.05) is 11.8 Å². The molecule has 0 aliphatic carbocycles. The molecule has 0 spiro atoms. The number of carbonyl (C=O) groups is 1. The summed E-state index contributed by atoms with van der Waals surface area (Å²) in [5, 5.41) is 20.5. The average molecular weight is 278 g/mol. The second kappa shape index (κ2) is 5.48. The molecule has 1 aromatic rings. The van der Waals surface area contributed by atoms with Gasteiger partial charge in [-0.05, 0) is 31.7 Å². The van der Waals surface area contributed by atoms with Crippen LogP contribution in [-0.4, -0.2) is 28.6 Å². The van der Waals surface area contributed by atoms with E-state index in [4.69, 9.17) is 0 Å². The number of aromatic carboxylic acids is 1. The van der Waals surface area contributed by atoms with Crippen LogP contribution in [0.1, 0.15) is 37.0 Å². The van der Waals surface area contributed by atoms with Crippen LogP contribution in [0.4, 0.5) is 11.4 Å². The molecule has 1 aliphatic heterocycles. The van der Waals surface area contributed by atoms with Gasteiger partial charge in [0.1, 0.15) is 5.69 Å². The van der Waals surface area contributed by atoms with Crippen molar-refractivity contribution in [2.45, 2.75) is 32.7 Å². The SMILES string of the molecule is CC1CCN(c2c(C(=O)O)cccc2[N+](=O)[O-])C(C)C1. The molecule has 2 unspecified atom stereocenters. The predicted octanol–water partition coefficient (Wildman–Crippen LogP) is 2.92. The number of hydrogen-bond acceptors (Lipinski definition) is 4. The van der Waals surface area contributed by atoms with Crippen molar-refractivity contribution in [1.82, 2.24) is 0 Å². The summed E-state index contributed by atoms with van der Waals surface area (Å²) in [5.41, 5.74) is 0.108. The Labute approximate surface area is 117 Å². The third kappa shape index (κ3) is 2.59. The second-order valence-electron chi connectivity index (χ2n) is 5.41. The first-order valence-corrected chi connectivity index (χ1v) is 6.69. The van der Waals surface area contributed by atoms with Gasteiger partial charge in [0.15, 0.2) is 0 Å². The summed E-state index contributed by atoms with van der Waals surface area (Å²) in [7, 11) is 0. The quantitative estimate of drug-likeness (QED) is 0.679. The van der Waals surface area contributed by atoms with Crippen LogP contribution in [-0.2, 0) is 0 Å². The minimum Gasteiger partial charge on any atom is -0.478 e. The third-order valence-electron chi connectivity index (χ3n) is 3.87. The van der Waals surface area contributed by atoms with Gasteiger partial charge in [-0.3, -0.25) is 10.1 Å². The van der Waals surface area contributed by atoms with Gasteiger partial charge in [0, 0.05) is 18.7 Å². The van der Waals surface area contributed by atoms with Gasteiger partial charge in [0.25, 0.3) is 5.69 Å². The van der Waals surface area contributed by atoms with E-state index in [0.29, 0.717) is 12.5 Å². The summed E-state index contributed by atoms with van der Waals surface area (Å²) in [6.07, 6.45) is 1.82. The first kappa shape index (κ1) is 14.3. The van der Waals surface area contributed by atoms with Gasteiger partial charge in [0.2, 0.25) is 0 Å². The molecular weight excluding hydrogens is 260 g/mol. The van der Waals surface area contributed by atoms with Crippen LogP contribution in [0, 0.1) is 16.0 Å². The van der Waals surface area contributed by atoms with Crippen LogP contribution in [0.2, 0.25) is 0 Å². The Bertz CT molecular complexity index is 512. The normalized spacial score (nSPS) is 22.6. The Hall–Kier alpha value is -2.11. The van der Waals surface area contributed by atoms with E-state index in [9.17, 15) is 20.0 Å². The molecule has 2 rings (SSSR count). The van der Waals surface area contributed by atoms with Crippen LogP contribution >= 0.6 is 0 Å². The van der Waals surface area contributed by atoms with E-state index in [1.54, 1.807) is 0 Å². The number of para-hydroxylation sites is 1. The number of carboxylic acid groups (broad SMARTS) is 1. The van der Waals surface area contributed by atoms with Gasteiger partial charge in [-0.1, -0.05) is 13.0 Å². The lowest BCUT2D eigenvalue weighted by atomic mass is 9.92. The molecule has 1 heterocycles. The molecule has 0 radical (unpaired) electrons. The van der Waals surface area contributed by atoms with Crippen molar-refractivity contribution < 1.29 is 14.8 Å². The van der Waals surface area contributed by atoms with Crippen molar-refractivity contribution in [2.75, 3.05) is 11.4 Å². The maximum Gasteiger partial charge on any atom is 0.338 e. The summed E-state index contributed by atoms with van der Waals surface area (Å²) >= 11 is 0. The topological polar surface area (TPSA) is 83.7 Å². The van der Waals surface area contributed by atoms with Crippen LogP contribution in [0.25, 0.3) is 0 Å². The Morgan fingerprint density at radius 3 is 2.70 bits per heavy atom. The average Bonchev–Trinajstić information content (AvgIpc) is 2.37. The lowest BCUT2D eigenvalue weighted by Crippen LogP contribution is -2.41. The zero-order chi connectivity index (χ0) is 14.9. The lowest BCUT2D eigenvalue weighted by molar-refractivity contribution is -0.384. The maximum absolute atomic E-state index is 11.4. The van der Waals surface area contributed by atoms with E-state index in [0.717, 1.165) is 12.8 Å². The summed E-state index contributed by atoms with van der Waals surface area (Å²) in [6.45, 7) is 4.77. The highest BCUT2D eigenvalue weighted by molar-refractivity contribution is 5.97. The molecule has 1 saturated heterocycles. The summed E-state index contributed by atoms with van der Waals surface area (Å²) in [4.78, 5) is 23.9. The summed E-state index contributed by atoms with van der Waals surface area (Å²) in [5.74, 6) is -0.577. The number of carboxylic acids is 1. The maximum atomic E-state index is 11.4. The monoisotopic (exact) mass is 278 g/mol. The van der Waals surface area contributed by atoms with E-state index in [1.165, 1.54) is 18.2 Å². The Kier molecular flexibility index (Phi) is 3.92. The number of nitro benzene ring substituents is 1. The molecule has 1 aliphatic rings. The number of piperidine rings is 1. The van der Waals surface area contributed by atoms with Gasteiger partial charge in [-0.15, -0.1) is 0 Å². The smallest absolute Gasteiger partial charge is 0.338 e. The van der Waals surface area contributed by atoms with Crippen molar-refractivity contribution in [3.8, 4) is 0 Å². The first-order valence-electron chi connectivity index (χ1n) is 6.69. The minimum absolute atomic E-state index is 0.000558. The molecule has 108 valence electrons. The first-order chi connectivity index (χ1) is 9.41. The van der Waals surface area contributed by atoms with E-state index in [2.05, 4.69) is 6.92 Å². The van der Waals surface area contributed by atoms with Gasteiger partial charge in [-0.2, -0.15) is 0 Å². The van der Waals surface area contributed by atoms with Crippen molar-refractivity contribution in [3.05, 3.63) is 33.9 Å².